The van der Waals surface area contributed by atoms with E-state index >= 15 is 0 Å². The zero-order chi connectivity index (χ0) is 15.1. The van der Waals surface area contributed by atoms with Crippen LogP contribution < -0.4 is 5.32 Å². The molecule has 1 aromatic carbocycles. The first-order valence-corrected chi connectivity index (χ1v) is 7.93. The van der Waals surface area contributed by atoms with Gasteiger partial charge in [0.25, 0.3) is 0 Å². The Bertz CT molecular complexity index is 439. The maximum atomic E-state index is 12.8. The van der Waals surface area contributed by atoms with Gasteiger partial charge in [0.2, 0.25) is 5.91 Å². The third kappa shape index (κ3) is 5.12. The number of carbonyl (C=O) groups excluding carboxylic acids is 1. The lowest BCUT2D eigenvalue weighted by Crippen LogP contribution is -2.46. The summed E-state index contributed by atoms with van der Waals surface area (Å²) in [5.74, 6) is -0.128. The molecule has 1 aliphatic rings. The number of hydrogen-bond acceptors (Lipinski definition) is 2. The molecule has 1 aliphatic heterocycles. The van der Waals surface area contributed by atoms with Gasteiger partial charge in [-0.15, -0.1) is 0 Å². The second-order valence-electron chi connectivity index (χ2n) is 5.79. The normalized spacial score (nSPS) is 18.0. The molecule has 4 heteroatoms. The first-order chi connectivity index (χ1) is 10.2. The van der Waals surface area contributed by atoms with Gasteiger partial charge in [0.1, 0.15) is 5.82 Å². The van der Waals surface area contributed by atoms with E-state index in [0.29, 0.717) is 6.54 Å². The number of halogens is 1. The molecule has 1 fully saturated rings. The molecule has 0 spiro atoms. The Morgan fingerprint density at radius 3 is 2.43 bits per heavy atom. The van der Waals surface area contributed by atoms with Gasteiger partial charge in [0.05, 0.1) is 6.04 Å². The van der Waals surface area contributed by atoms with Crippen LogP contribution in [0.3, 0.4) is 0 Å². The van der Waals surface area contributed by atoms with Gasteiger partial charge in [0.15, 0.2) is 0 Å². The minimum Gasteiger partial charge on any atom is -0.354 e. The summed E-state index contributed by atoms with van der Waals surface area (Å²) in [5.41, 5.74) is 1.04. The zero-order valence-electron chi connectivity index (χ0n) is 12.8. The van der Waals surface area contributed by atoms with Crippen molar-refractivity contribution in [3.63, 3.8) is 0 Å². The number of likely N-dealkylation sites (tertiary alicyclic amines) is 1. The standard InChI is InChI=1S/C17H25FN2O/c1-14(20-12-4-2-3-5-13-20)17(21)19-11-10-15-6-8-16(18)9-7-15/h6-9,14H,2-5,10-13H2,1H3,(H,19,21)/t14-/m0/s1. The predicted octanol–water partition coefficient (Wildman–Crippen LogP) is 2.75. The predicted molar refractivity (Wildman–Crippen MR) is 82.6 cm³/mol. The Morgan fingerprint density at radius 1 is 1.19 bits per heavy atom. The van der Waals surface area contributed by atoms with Crippen LogP contribution in [0.5, 0.6) is 0 Å². The molecule has 1 heterocycles. The van der Waals surface area contributed by atoms with Crippen molar-refractivity contribution in [2.24, 2.45) is 0 Å². The van der Waals surface area contributed by atoms with Crippen molar-refractivity contribution in [2.75, 3.05) is 19.6 Å². The van der Waals surface area contributed by atoms with E-state index in [4.69, 9.17) is 0 Å². The SMILES string of the molecule is C[C@@H](C(=O)NCCc1ccc(F)cc1)N1CCCCCC1. The summed E-state index contributed by atoms with van der Waals surface area (Å²) in [6.07, 6.45) is 5.66. The highest BCUT2D eigenvalue weighted by Crippen LogP contribution is 2.12. The van der Waals surface area contributed by atoms with Crippen LogP contribution in [0.4, 0.5) is 4.39 Å². The summed E-state index contributed by atoms with van der Waals surface area (Å²) < 4.78 is 12.8. The molecular formula is C17H25FN2O. The van der Waals surface area contributed by atoms with Gasteiger partial charge in [-0.05, 0) is 57.0 Å². The van der Waals surface area contributed by atoms with E-state index in [-0.39, 0.29) is 17.8 Å². The van der Waals surface area contributed by atoms with E-state index in [9.17, 15) is 9.18 Å². The van der Waals surface area contributed by atoms with Crippen molar-refractivity contribution in [1.82, 2.24) is 10.2 Å². The number of nitrogens with zero attached hydrogens (tertiary/aromatic N) is 1. The van der Waals surface area contributed by atoms with Crippen LogP contribution in [0, 0.1) is 5.82 Å². The van der Waals surface area contributed by atoms with Crippen molar-refractivity contribution in [3.05, 3.63) is 35.6 Å². The average Bonchev–Trinajstić information content (AvgIpc) is 2.77. The molecule has 0 saturated carbocycles. The summed E-state index contributed by atoms with van der Waals surface area (Å²) >= 11 is 0. The summed E-state index contributed by atoms with van der Waals surface area (Å²) in [4.78, 5) is 14.5. The van der Waals surface area contributed by atoms with Crippen LogP contribution in [-0.4, -0.2) is 36.5 Å². The second kappa shape index (κ2) is 8.13. The Balaban J connectivity index is 1.74. The smallest absolute Gasteiger partial charge is 0.237 e. The molecule has 21 heavy (non-hydrogen) atoms. The van der Waals surface area contributed by atoms with E-state index in [2.05, 4.69) is 10.2 Å². The summed E-state index contributed by atoms with van der Waals surface area (Å²) in [7, 11) is 0. The molecule has 116 valence electrons. The largest absolute Gasteiger partial charge is 0.354 e. The fourth-order valence-corrected chi connectivity index (χ4v) is 2.78. The molecule has 2 rings (SSSR count). The first-order valence-electron chi connectivity index (χ1n) is 7.93. The van der Waals surface area contributed by atoms with E-state index in [1.54, 1.807) is 12.1 Å². The zero-order valence-corrected chi connectivity index (χ0v) is 12.8. The number of benzene rings is 1. The lowest BCUT2D eigenvalue weighted by atomic mass is 10.1. The molecule has 0 unspecified atom stereocenters. The molecule has 0 radical (unpaired) electrons. The molecule has 1 aromatic rings. The maximum absolute atomic E-state index is 12.8. The number of carbonyl (C=O) groups is 1. The molecule has 0 aromatic heterocycles. The third-order valence-corrected chi connectivity index (χ3v) is 4.19. The fourth-order valence-electron chi connectivity index (χ4n) is 2.78. The van der Waals surface area contributed by atoms with Crippen LogP contribution in [0.1, 0.15) is 38.2 Å². The van der Waals surface area contributed by atoms with E-state index in [1.165, 1.54) is 37.8 Å². The molecule has 1 atom stereocenters. The second-order valence-corrected chi connectivity index (χ2v) is 5.79. The highest BCUT2D eigenvalue weighted by Gasteiger charge is 2.21. The van der Waals surface area contributed by atoms with E-state index < -0.39 is 0 Å². The van der Waals surface area contributed by atoms with Gasteiger partial charge in [-0.2, -0.15) is 0 Å². The molecule has 3 nitrogen and oxygen atoms in total. The molecule has 0 bridgehead atoms. The number of amides is 1. The number of nitrogens with one attached hydrogen (secondary N) is 1. The number of rotatable bonds is 5. The Hall–Kier alpha value is -1.42. The van der Waals surface area contributed by atoms with Crippen molar-refractivity contribution < 1.29 is 9.18 Å². The minimum atomic E-state index is -0.224. The lowest BCUT2D eigenvalue weighted by Gasteiger charge is -2.26. The van der Waals surface area contributed by atoms with Crippen LogP contribution in [0.15, 0.2) is 24.3 Å². The Labute approximate surface area is 126 Å². The summed E-state index contributed by atoms with van der Waals surface area (Å²) in [6, 6.07) is 6.38. The third-order valence-electron chi connectivity index (χ3n) is 4.19. The van der Waals surface area contributed by atoms with Crippen molar-refractivity contribution in [1.29, 1.82) is 0 Å². The Kier molecular flexibility index (Phi) is 6.18. The van der Waals surface area contributed by atoms with Gasteiger partial charge in [-0.3, -0.25) is 9.69 Å². The molecular weight excluding hydrogens is 267 g/mol. The first kappa shape index (κ1) is 16.0. The topological polar surface area (TPSA) is 32.3 Å². The van der Waals surface area contributed by atoms with Gasteiger partial charge < -0.3 is 5.32 Å². The minimum absolute atomic E-state index is 0.0590. The van der Waals surface area contributed by atoms with Gasteiger partial charge in [-0.25, -0.2) is 4.39 Å². The van der Waals surface area contributed by atoms with Gasteiger partial charge in [0, 0.05) is 6.54 Å². The molecule has 1 N–H and O–H groups in total. The monoisotopic (exact) mass is 292 g/mol. The Morgan fingerprint density at radius 2 is 1.81 bits per heavy atom. The summed E-state index contributed by atoms with van der Waals surface area (Å²) in [6.45, 7) is 4.63. The van der Waals surface area contributed by atoms with Gasteiger partial charge >= 0.3 is 0 Å². The fraction of sp³-hybridized carbons (Fsp3) is 0.588. The summed E-state index contributed by atoms with van der Waals surface area (Å²) in [5, 5.41) is 2.99. The van der Waals surface area contributed by atoms with Crippen molar-refractivity contribution in [2.45, 2.75) is 45.1 Å². The molecule has 1 amide bonds. The lowest BCUT2D eigenvalue weighted by molar-refractivity contribution is -0.125. The van der Waals surface area contributed by atoms with Crippen LogP contribution in [0.25, 0.3) is 0 Å². The van der Waals surface area contributed by atoms with Crippen LogP contribution in [0.2, 0.25) is 0 Å². The van der Waals surface area contributed by atoms with E-state index in [1.807, 2.05) is 6.92 Å². The van der Waals surface area contributed by atoms with Gasteiger partial charge in [-0.1, -0.05) is 25.0 Å². The maximum Gasteiger partial charge on any atom is 0.237 e. The quantitative estimate of drug-likeness (QED) is 0.905. The average molecular weight is 292 g/mol. The van der Waals surface area contributed by atoms with Crippen LogP contribution in [-0.2, 0) is 11.2 Å². The van der Waals surface area contributed by atoms with Crippen molar-refractivity contribution in [3.8, 4) is 0 Å². The molecule has 1 saturated heterocycles. The van der Waals surface area contributed by atoms with Crippen molar-refractivity contribution >= 4 is 5.91 Å². The number of hydrogen-bond donors (Lipinski definition) is 1. The van der Waals surface area contributed by atoms with E-state index in [0.717, 1.165) is 25.1 Å². The molecule has 0 aliphatic carbocycles. The highest BCUT2D eigenvalue weighted by molar-refractivity contribution is 5.81. The highest BCUT2D eigenvalue weighted by atomic mass is 19.1. The van der Waals surface area contributed by atoms with Crippen LogP contribution >= 0.6 is 0 Å².